The maximum atomic E-state index is 11.2. The Kier molecular flexibility index (Phi) is 4.35. The second kappa shape index (κ2) is 5.32. The lowest BCUT2D eigenvalue weighted by atomic mass is 10.3. The van der Waals surface area contributed by atoms with Gasteiger partial charge in [-0.15, -0.1) is 0 Å². The first-order valence-corrected chi connectivity index (χ1v) is 5.18. The molecule has 82 valence electrons. The highest BCUT2D eigenvalue weighted by atomic mass is 16.5. The second-order valence-electron chi connectivity index (χ2n) is 4.03. The van der Waals surface area contributed by atoms with Crippen LogP contribution in [0.15, 0.2) is 0 Å². The minimum Gasteiger partial charge on any atom is -0.463 e. The Morgan fingerprint density at radius 2 is 2.36 bits per heavy atom. The molecule has 0 unspecified atom stereocenters. The van der Waals surface area contributed by atoms with Crippen molar-refractivity contribution in [3.05, 3.63) is 0 Å². The second-order valence-corrected chi connectivity index (χ2v) is 4.03. The molecule has 1 heterocycles. The molecule has 4 heteroatoms. The maximum Gasteiger partial charge on any atom is 0.307 e. The Morgan fingerprint density at radius 3 is 2.86 bits per heavy atom. The standard InChI is InChI=1S/C10H19NO3/c1-8(2)14-10(13)4-6-11-5-3-9(12)7-11/h8-9,12H,3-7H2,1-2H3/t9-/m0/s1. The number of hydrogen-bond donors (Lipinski definition) is 1. The summed E-state index contributed by atoms with van der Waals surface area (Å²) in [5, 5.41) is 9.25. The molecule has 0 radical (unpaired) electrons. The fourth-order valence-electron chi connectivity index (χ4n) is 1.59. The fraction of sp³-hybridized carbons (Fsp3) is 0.900. The van der Waals surface area contributed by atoms with E-state index in [4.69, 9.17) is 4.74 Å². The number of nitrogens with zero attached hydrogens (tertiary/aromatic N) is 1. The summed E-state index contributed by atoms with van der Waals surface area (Å²) in [6.07, 6.45) is 0.993. The lowest BCUT2D eigenvalue weighted by molar-refractivity contribution is -0.147. The number of rotatable bonds is 4. The molecule has 0 bridgehead atoms. The first-order chi connectivity index (χ1) is 6.58. The number of ether oxygens (including phenoxy) is 1. The highest BCUT2D eigenvalue weighted by molar-refractivity contribution is 5.69. The van der Waals surface area contributed by atoms with Crippen LogP contribution in [-0.4, -0.2) is 47.8 Å². The van der Waals surface area contributed by atoms with E-state index in [2.05, 4.69) is 4.90 Å². The number of likely N-dealkylation sites (tertiary alicyclic amines) is 1. The Balaban J connectivity index is 2.11. The molecule has 1 aliphatic rings. The molecular weight excluding hydrogens is 182 g/mol. The fourth-order valence-corrected chi connectivity index (χ4v) is 1.59. The van der Waals surface area contributed by atoms with Crippen LogP contribution in [0.5, 0.6) is 0 Å². The average molecular weight is 201 g/mol. The summed E-state index contributed by atoms with van der Waals surface area (Å²) < 4.78 is 5.01. The molecule has 1 rings (SSSR count). The zero-order chi connectivity index (χ0) is 10.6. The molecule has 1 atom stereocenters. The van der Waals surface area contributed by atoms with E-state index in [-0.39, 0.29) is 18.2 Å². The molecule has 0 spiro atoms. The molecule has 1 fully saturated rings. The molecule has 0 saturated carbocycles. The van der Waals surface area contributed by atoms with Crippen LogP contribution >= 0.6 is 0 Å². The number of aliphatic hydroxyl groups excluding tert-OH is 1. The van der Waals surface area contributed by atoms with Gasteiger partial charge in [-0.3, -0.25) is 4.79 Å². The summed E-state index contributed by atoms with van der Waals surface area (Å²) in [6.45, 7) is 5.96. The number of carbonyl (C=O) groups excluding carboxylic acids is 1. The van der Waals surface area contributed by atoms with Gasteiger partial charge >= 0.3 is 5.97 Å². The molecule has 1 aliphatic heterocycles. The molecule has 0 aromatic heterocycles. The normalized spacial score (nSPS) is 23.0. The van der Waals surface area contributed by atoms with E-state index in [1.165, 1.54) is 0 Å². The quantitative estimate of drug-likeness (QED) is 0.669. The summed E-state index contributed by atoms with van der Waals surface area (Å²) in [6, 6.07) is 0. The van der Waals surface area contributed by atoms with Crippen LogP contribution in [0.25, 0.3) is 0 Å². The predicted octanol–water partition coefficient (Wildman–Crippen LogP) is 0.395. The van der Waals surface area contributed by atoms with Crippen molar-refractivity contribution in [1.82, 2.24) is 4.90 Å². The molecule has 14 heavy (non-hydrogen) atoms. The van der Waals surface area contributed by atoms with Crippen molar-refractivity contribution in [2.45, 2.75) is 38.9 Å². The van der Waals surface area contributed by atoms with Gasteiger partial charge in [0.05, 0.1) is 18.6 Å². The van der Waals surface area contributed by atoms with E-state index < -0.39 is 0 Å². The van der Waals surface area contributed by atoms with E-state index in [9.17, 15) is 9.90 Å². The van der Waals surface area contributed by atoms with Gasteiger partial charge in [-0.25, -0.2) is 0 Å². The van der Waals surface area contributed by atoms with Gasteiger partial charge in [-0.05, 0) is 20.3 Å². The van der Waals surface area contributed by atoms with E-state index in [0.717, 1.165) is 13.0 Å². The zero-order valence-corrected chi connectivity index (χ0v) is 8.90. The summed E-state index contributed by atoms with van der Waals surface area (Å²) in [7, 11) is 0. The summed E-state index contributed by atoms with van der Waals surface area (Å²) in [5.41, 5.74) is 0. The van der Waals surface area contributed by atoms with Gasteiger partial charge in [0.2, 0.25) is 0 Å². The van der Waals surface area contributed by atoms with Crippen molar-refractivity contribution in [1.29, 1.82) is 0 Å². The number of esters is 1. The van der Waals surface area contributed by atoms with Gasteiger partial charge in [-0.1, -0.05) is 0 Å². The maximum absolute atomic E-state index is 11.2. The van der Waals surface area contributed by atoms with Crippen LogP contribution in [0, 0.1) is 0 Å². The van der Waals surface area contributed by atoms with Crippen LogP contribution < -0.4 is 0 Å². The lowest BCUT2D eigenvalue weighted by Crippen LogP contribution is -2.26. The van der Waals surface area contributed by atoms with Crippen molar-refractivity contribution in [2.75, 3.05) is 19.6 Å². The molecule has 1 N–H and O–H groups in total. The molecular formula is C10H19NO3. The number of hydrogen-bond acceptors (Lipinski definition) is 4. The van der Waals surface area contributed by atoms with Gasteiger partial charge in [0, 0.05) is 19.6 Å². The topological polar surface area (TPSA) is 49.8 Å². The average Bonchev–Trinajstić information content (AvgIpc) is 2.47. The van der Waals surface area contributed by atoms with Gasteiger partial charge in [0.15, 0.2) is 0 Å². The monoisotopic (exact) mass is 201 g/mol. The van der Waals surface area contributed by atoms with Gasteiger partial charge in [0.25, 0.3) is 0 Å². The van der Waals surface area contributed by atoms with Crippen molar-refractivity contribution < 1.29 is 14.6 Å². The number of aliphatic hydroxyl groups is 1. The van der Waals surface area contributed by atoms with Crippen molar-refractivity contribution in [3.8, 4) is 0 Å². The first-order valence-electron chi connectivity index (χ1n) is 5.18. The first kappa shape index (κ1) is 11.5. The molecule has 4 nitrogen and oxygen atoms in total. The number of carbonyl (C=O) groups is 1. The molecule has 1 saturated heterocycles. The van der Waals surface area contributed by atoms with Gasteiger partial charge < -0.3 is 14.7 Å². The third-order valence-corrected chi connectivity index (χ3v) is 2.25. The summed E-state index contributed by atoms with van der Waals surface area (Å²) in [4.78, 5) is 13.3. The number of β-amino-alcohol motifs (C(OH)–C–C–N with tert-alkyl or cyclic N) is 1. The largest absolute Gasteiger partial charge is 0.463 e. The van der Waals surface area contributed by atoms with E-state index in [1.807, 2.05) is 13.8 Å². The third-order valence-electron chi connectivity index (χ3n) is 2.25. The summed E-state index contributed by atoms with van der Waals surface area (Å²) in [5.74, 6) is -0.151. The van der Waals surface area contributed by atoms with Crippen LogP contribution in [0.3, 0.4) is 0 Å². The highest BCUT2D eigenvalue weighted by Gasteiger charge is 2.20. The molecule has 0 aliphatic carbocycles. The van der Waals surface area contributed by atoms with E-state index >= 15 is 0 Å². The Bertz CT molecular complexity index is 194. The van der Waals surface area contributed by atoms with Crippen LogP contribution in [-0.2, 0) is 9.53 Å². The zero-order valence-electron chi connectivity index (χ0n) is 8.90. The van der Waals surface area contributed by atoms with Gasteiger partial charge in [0.1, 0.15) is 0 Å². The molecule has 0 aromatic rings. The van der Waals surface area contributed by atoms with E-state index in [1.54, 1.807) is 0 Å². The van der Waals surface area contributed by atoms with Crippen molar-refractivity contribution in [2.24, 2.45) is 0 Å². The SMILES string of the molecule is CC(C)OC(=O)CCN1CC[C@H](O)C1. The Labute approximate surface area is 84.8 Å². The minimum atomic E-state index is -0.212. The molecule has 0 amide bonds. The lowest BCUT2D eigenvalue weighted by Gasteiger charge is -2.14. The van der Waals surface area contributed by atoms with Crippen LogP contribution in [0.1, 0.15) is 26.7 Å². The Hall–Kier alpha value is -0.610. The summed E-state index contributed by atoms with van der Waals surface area (Å²) >= 11 is 0. The molecule has 0 aromatic carbocycles. The van der Waals surface area contributed by atoms with E-state index in [0.29, 0.717) is 19.5 Å². The van der Waals surface area contributed by atoms with Crippen LogP contribution in [0.4, 0.5) is 0 Å². The van der Waals surface area contributed by atoms with Gasteiger partial charge in [-0.2, -0.15) is 0 Å². The minimum absolute atomic E-state index is 0.0355. The van der Waals surface area contributed by atoms with Crippen molar-refractivity contribution >= 4 is 5.97 Å². The van der Waals surface area contributed by atoms with Crippen LogP contribution in [0.2, 0.25) is 0 Å². The van der Waals surface area contributed by atoms with Crippen molar-refractivity contribution in [3.63, 3.8) is 0 Å². The predicted molar refractivity (Wildman–Crippen MR) is 52.9 cm³/mol. The highest BCUT2D eigenvalue weighted by Crippen LogP contribution is 2.09. The smallest absolute Gasteiger partial charge is 0.307 e. The Morgan fingerprint density at radius 1 is 1.64 bits per heavy atom. The third kappa shape index (κ3) is 4.07.